The molecule has 1 aromatic rings. The van der Waals surface area contributed by atoms with Gasteiger partial charge in [-0.2, -0.15) is 8.42 Å². The summed E-state index contributed by atoms with van der Waals surface area (Å²) in [6, 6.07) is 10.5. The fourth-order valence-corrected chi connectivity index (χ4v) is 15.7. The molecule has 1 saturated carbocycles. The smallest absolute Gasteiger partial charge is 0.264 e. The van der Waals surface area contributed by atoms with Gasteiger partial charge in [0, 0.05) is 17.9 Å². The van der Waals surface area contributed by atoms with E-state index in [0.717, 1.165) is 25.5 Å². The molecule has 0 spiro atoms. The van der Waals surface area contributed by atoms with E-state index < -0.39 is 45.3 Å². The Morgan fingerprint density at radius 1 is 1.02 bits per heavy atom. The standard InChI is InChI=1S/C33H57NO8SSi2/c1-22(2)45(23(3)4)32-30-27(42-45)20-29(38-26-19-15-14-18-25(26)24-16-12-11-13-17-24)39-34(30)40-31(32)28(41-43(8,35)36)21-37-44(9,10)33(5,6)7/h11-13,16-17,22-23,25-32H,14-15,18-21H2,1-10H3/t25-,26+,27+,28+,29-,30-,31-,32+/m1/s1. The van der Waals surface area contributed by atoms with Crippen LogP contribution >= 0.6 is 0 Å². The van der Waals surface area contributed by atoms with Crippen LogP contribution in [0.1, 0.15) is 92.1 Å². The van der Waals surface area contributed by atoms with Gasteiger partial charge in [0.05, 0.1) is 31.1 Å². The number of benzene rings is 1. The molecule has 5 rings (SSSR count). The van der Waals surface area contributed by atoms with Crippen molar-refractivity contribution < 1.29 is 35.9 Å². The second-order valence-corrected chi connectivity index (χ2v) is 27.2. The molecule has 0 bridgehead atoms. The van der Waals surface area contributed by atoms with Crippen molar-refractivity contribution in [2.24, 2.45) is 0 Å². The summed E-state index contributed by atoms with van der Waals surface area (Å²) >= 11 is 0. The molecule has 4 aliphatic rings. The Kier molecular flexibility index (Phi) is 10.5. The van der Waals surface area contributed by atoms with Gasteiger partial charge in [-0.05, 0) is 47.6 Å². The highest BCUT2D eigenvalue weighted by Gasteiger charge is 2.71. The number of rotatable bonds is 11. The Labute approximate surface area is 273 Å². The Hall–Kier alpha value is -0.676. The van der Waals surface area contributed by atoms with E-state index in [0.29, 0.717) is 12.3 Å². The lowest BCUT2D eigenvalue weighted by Gasteiger charge is -2.43. The maximum Gasteiger partial charge on any atom is 0.264 e. The van der Waals surface area contributed by atoms with Gasteiger partial charge in [0.2, 0.25) is 8.32 Å². The average Bonchev–Trinajstić information content (AvgIpc) is 3.50. The Morgan fingerprint density at radius 2 is 1.67 bits per heavy atom. The van der Waals surface area contributed by atoms with Crippen LogP contribution in [0.4, 0.5) is 0 Å². The van der Waals surface area contributed by atoms with Crippen molar-refractivity contribution in [2.75, 3.05) is 12.9 Å². The minimum absolute atomic E-state index is 0.0369. The zero-order chi connectivity index (χ0) is 32.9. The van der Waals surface area contributed by atoms with Crippen molar-refractivity contribution in [3.63, 3.8) is 0 Å². The lowest BCUT2D eigenvalue weighted by atomic mass is 9.81. The molecule has 4 fully saturated rings. The van der Waals surface area contributed by atoms with Gasteiger partial charge in [-0.1, -0.05) is 96.9 Å². The van der Waals surface area contributed by atoms with E-state index in [4.69, 9.17) is 27.4 Å². The van der Waals surface area contributed by atoms with Gasteiger partial charge in [-0.15, -0.1) is 0 Å². The quantitative estimate of drug-likeness (QED) is 0.176. The van der Waals surface area contributed by atoms with E-state index in [1.807, 2.05) is 0 Å². The fourth-order valence-electron chi connectivity index (χ4n) is 8.05. The van der Waals surface area contributed by atoms with E-state index in [-0.39, 0.29) is 46.5 Å². The van der Waals surface area contributed by atoms with Gasteiger partial charge in [-0.3, -0.25) is 9.02 Å². The SMILES string of the molecule is CC(C)[Si]1(C(C)C)O[C@H]2C[C@H](O[C@H]3CCCC[C@@H]3c3ccccc3)ON3O[C@H]([C@H](CO[Si](C)(C)C(C)(C)C)OS(C)(=O)=O)[C@@H]1[C@@H]23. The van der Waals surface area contributed by atoms with E-state index in [2.05, 4.69) is 91.9 Å². The first-order valence-corrected chi connectivity index (χ1v) is 23.8. The monoisotopic (exact) mass is 683 g/mol. The molecule has 12 heteroatoms. The highest BCUT2D eigenvalue weighted by molar-refractivity contribution is 7.86. The molecule has 0 N–H and O–H groups in total. The van der Waals surface area contributed by atoms with E-state index in [1.165, 1.54) is 12.0 Å². The number of hydroxylamine groups is 2. The molecule has 1 aliphatic carbocycles. The zero-order valence-electron chi connectivity index (χ0n) is 29.0. The van der Waals surface area contributed by atoms with E-state index >= 15 is 0 Å². The van der Waals surface area contributed by atoms with Crippen LogP contribution < -0.4 is 0 Å². The third kappa shape index (κ3) is 7.21. The zero-order valence-corrected chi connectivity index (χ0v) is 31.8. The second-order valence-electron chi connectivity index (χ2n) is 15.8. The molecule has 0 unspecified atom stereocenters. The Morgan fingerprint density at radius 3 is 2.27 bits per heavy atom. The van der Waals surface area contributed by atoms with Crippen LogP contribution in [-0.4, -0.2) is 79.9 Å². The number of hydrogen-bond donors (Lipinski definition) is 0. The molecule has 0 aromatic heterocycles. The van der Waals surface area contributed by atoms with Crippen molar-refractivity contribution in [1.29, 1.82) is 0 Å². The van der Waals surface area contributed by atoms with E-state index in [9.17, 15) is 8.42 Å². The van der Waals surface area contributed by atoms with Crippen molar-refractivity contribution >= 4 is 26.8 Å². The number of hydrogen-bond acceptors (Lipinski definition) is 9. The summed E-state index contributed by atoms with van der Waals surface area (Å²) < 4.78 is 51.9. The summed E-state index contributed by atoms with van der Waals surface area (Å²) in [6.45, 7) is 19.9. The van der Waals surface area contributed by atoms with Crippen molar-refractivity contribution in [1.82, 2.24) is 5.23 Å². The predicted octanol–water partition coefficient (Wildman–Crippen LogP) is 7.28. The van der Waals surface area contributed by atoms with Gasteiger partial charge < -0.3 is 13.6 Å². The lowest BCUT2D eigenvalue weighted by molar-refractivity contribution is -0.450. The molecule has 256 valence electrons. The lowest BCUT2D eigenvalue weighted by Crippen LogP contribution is -2.53. The molecule has 1 aromatic carbocycles. The normalized spacial score (nSPS) is 33.1. The largest absolute Gasteiger partial charge is 0.414 e. The third-order valence-electron chi connectivity index (χ3n) is 11.2. The van der Waals surface area contributed by atoms with Crippen LogP contribution in [0.3, 0.4) is 0 Å². The van der Waals surface area contributed by atoms with Crippen LogP contribution in [0.15, 0.2) is 30.3 Å². The van der Waals surface area contributed by atoms with Gasteiger partial charge in [0.1, 0.15) is 12.2 Å². The summed E-state index contributed by atoms with van der Waals surface area (Å²) in [5.41, 5.74) is 1.77. The van der Waals surface area contributed by atoms with Gasteiger partial charge in [0.15, 0.2) is 14.6 Å². The summed E-state index contributed by atoms with van der Waals surface area (Å²) in [6.07, 6.45) is 4.03. The molecule has 3 aliphatic heterocycles. The fraction of sp³-hybridized carbons (Fsp3) is 0.818. The van der Waals surface area contributed by atoms with Gasteiger partial charge >= 0.3 is 0 Å². The molecule has 3 heterocycles. The molecule has 0 amide bonds. The first kappa shape index (κ1) is 35.6. The molecule has 45 heavy (non-hydrogen) atoms. The van der Waals surface area contributed by atoms with Crippen molar-refractivity contribution in [2.45, 2.75) is 158 Å². The maximum absolute atomic E-state index is 12.7. The number of ether oxygens (including phenoxy) is 1. The Balaban J connectivity index is 1.44. The summed E-state index contributed by atoms with van der Waals surface area (Å²) in [4.78, 5) is 13.2. The molecular formula is C33H57NO8SSi2. The summed E-state index contributed by atoms with van der Waals surface area (Å²) in [5, 5.41) is 1.57. The molecule has 3 saturated heterocycles. The van der Waals surface area contributed by atoms with Gasteiger partial charge in [0.25, 0.3) is 10.1 Å². The average molecular weight is 684 g/mol. The minimum Gasteiger partial charge on any atom is -0.414 e. The Bertz CT molecular complexity index is 1250. The minimum atomic E-state index is -3.81. The van der Waals surface area contributed by atoms with Crippen LogP contribution in [0.5, 0.6) is 0 Å². The topological polar surface area (TPSA) is 92.8 Å². The highest BCUT2D eigenvalue weighted by atomic mass is 32.2. The molecule has 8 atom stereocenters. The van der Waals surface area contributed by atoms with Crippen LogP contribution in [-0.2, 0) is 37.6 Å². The maximum atomic E-state index is 12.7. The first-order valence-electron chi connectivity index (χ1n) is 17.0. The summed E-state index contributed by atoms with van der Waals surface area (Å²) in [5.74, 6) is 0.311. The second kappa shape index (κ2) is 13.3. The van der Waals surface area contributed by atoms with Gasteiger partial charge in [-0.25, -0.2) is 4.84 Å². The molecule has 0 radical (unpaired) electrons. The first-order chi connectivity index (χ1) is 20.9. The summed E-state index contributed by atoms with van der Waals surface area (Å²) in [7, 11) is -8.61. The van der Waals surface area contributed by atoms with Crippen LogP contribution in [0.2, 0.25) is 34.8 Å². The van der Waals surface area contributed by atoms with E-state index in [1.54, 1.807) is 5.23 Å². The third-order valence-corrected chi connectivity index (χ3v) is 22.4. The molecular weight excluding hydrogens is 627 g/mol. The van der Waals surface area contributed by atoms with Crippen LogP contribution in [0, 0.1) is 0 Å². The van der Waals surface area contributed by atoms with Crippen molar-refractivity contribution in [3.05, 3.63) is 35.9 Å². The molecule has 9 nitrogen and oxygen atoms in total. The predicted molar refractivity (Wildman–Crippen MR) is 180 cm³/mol. The number of nitrogens with zero attached hydrogens (tertiary/aromatic N) is 1. The highest BCUT2D eigenvalue weighted by Crippen LogP contribution is 2.60. The van der Waals surface area contributed by atoms with Crippen LogP contribution in [0.25, 0.3) is 0 Å². The van der Waals surface area contributed by atoms with Crippen molar-refractivity contribution in [3.8, 4) is 0 Å².